The molecule has 5 nitrogen and oxygen atoms in total. The Bertz CT molecular complexity index is 1020. The number of carbonyl (C=O) groups is 2. The molecule has 1 aromatic heterocycles. The minimum atomic E-state index is -0.0989. The number of aryl methyl sites for hydroxylation is 1. The molecule has 2 N–H and O–H groups in total. The number of rotatable bonds is 6. The Labute approximate surface area is 193 Å². The Morgan fingerprint density at radius 2 is 1.62 bits per heavy atom. The molecule has 1 heterocycles. The van der Waals surface area contributed by atoms with Gasteiger partial charge in [0.2, 0.25) is 5.91 Å². The fraction of sp³-hybridized carbons (Fsp3) is 0.500. The molecule has 0 atom stereocenters. The summed E-state index contributed by atoms with van der Waals surface area (Å²) in [7, 11) is 0. The van der Waals surface area contributed by atoms with E-state index in [9.17, 15) is 9.59 Å². The predicted octanol–water partition coefficient (Wildman–Crippen LogP) is 5.76. The smallest absolute Gasteiger partial charge is 0.265 e. The van der Waals surface area contributed by atoms with Crippen molar-refractivity contribution in [1.29, 1.82) is 0 Å². The maximum Gasteiger partial charge on any atom is 0.265 e. The van der Waals surface area contributed by atoms with E-state index in [1.54, 1.807) is 0 Å². The van der Waals surface area contributed by atoms with Gasteiger partial charge in [-0.15, -0.1) is 11.3 Å². The van der Waals surface area contributed by atoms with Crippen LogP contribution in [0.4, 0.5) is 5.69 Å². The molecular weight excluding hydrogens is 418 g/mol. The second kappa shape index (κ2) is 8.47. The van der Waals surface area contributed by atoms with Gasteiger partial charge in [-0.3, -0.25) is 9.59 Å². The van der Waals surface area contributed by atoms with Gasteiger partial charge in [0.05, 0.1) is 10.6 Å². The van der Waals surface area contributed by atoms with Crippen molar-refractivity contribution < 1.29 is 9.59 Å². The molecule has 4 aliphatic carbocycles. The van der Waals surface area contributed by atoms with Gasteiger partial charge in [0, 0.05) is 17.0 Å². The summed E-state index contributed by atoms with van der Waals surface area (Å²) in [6, 6.07) is 11.3. The van der Waals surface area contributed by atoms with E-state index in [0.717, 1.165) is 39.6 Å². The molecule has 0 unspecified atom stereocenters. The predicted molar refractivity (Wildman–Crippen MR) is 129 cm³/mol. The number of hydrogen-bond acceptors (Lipinski definition) is 4. The van der Waals surface area contributed by atoms with Gasteiger partial charge in [-0.2, -0.15) is 5.10 Å². The molecule has 2 amide bonds. The Kier molecular flexibility index (Phi) is 5.66. The zero-order valence-corrected chi connectivity index (χ0v) is 19.6. The van der Waals surface area contributed by atoms with E-state index in [0.29, 0.717) is 11.3 Å². The monoisotopic (exact) mass is 449 g/mol. The van der Waals surface area contributed by atoms with Gasteiger partial charge < -0.3 is 5.32 Å². The molecule has 4 saturated carbocycles. The van der Waals surface area contributed by atoms with Gasteiger partial charge in [-0.1, -0.05) is 12.1 Å². The van der Waals surface area contributed by atoms with Gasteiger partial charge >= 0.3 is 0 Å². The molecule has 6 rings (SSSR count). The van der Waals surface area contributed by atoms with E-state index in [4.69, 9.17) is 0 Å². The summed E-state index contributed by atoms with van der Waals surface area (Å²) in [6.45, 7) is 3.88. The SMILES string of the molecule is C/C(=N/NC(=O)CC12CC3CC(CC(C3)C1)C2)c1ccc(NC(=O)c2ccc(C)s2)cc1. The quantitative estimate of drug-likeness (QED) is 0.435. The van der Waals surface area contributed by atoms with Crippen LogP contribution < -0.4 is 10.7 Å². The average Bonchev–Trinajstić information content (AvgIpc) is 3.18. The molecule has 4 bridgehead atoms. The second-order valence-electron chi connectivity index (χ2n) is 10.3. The van der Waals surface area contributed by atoms with Crippen molar-refractivity contribution in [1.82, 2.24) is 5.43 Å². The molecule has 0 saturated heterocycles. The highest BCUT2D eigenvalue weighted by atomic mass is 32.1. The highest BCUT2D eigenvalue weighted by Crippen LogP contribution is 2.61. The number of nitrogens with one attached hydrogen (secondary N) is 2. The van der Waals surface area contributed by atoms with E-state index in [2.05, 4.69) is 15.8 Å². The summed E-state index contributed by atoms with van der Waals surface area (Å²) in [5, 5.41) is 7.29. The number of thiophene rings is 1. The first kappa shape index (κ1) is 21.4. The molecule has 0 aliphatic heterocycles. The largest absolute Gasteiger partial charge is 0.321 e. The third-order valence-corrected chi connectivity index (χ3v) is 8.57. The minimum absolute atomic E-state index is 0.0430. The van der Waals surface area contributed by atoms with Gasteiger partial charge in [0.1, 0.15) is 0 Å². The number of carbonyl (C=O) groups excluding carboxylic acids is 2. The van der Waals surface area contributed by atoms with Crippen molar-refractivity contribution >= 4 is 34.6 Å². The molecule has 168 valence electrons. The lowest BCUT2D eigenvalue weighted by atomic mass is 9.49. The van der Waals surface area contributed by atoms with Crippen LogP contribution in [0.3, 0.4) is 0 Å². The molecule has 4 aliphatic rings. The van der Waals surface area contributed by atoms with E-state index >= 15 is 0 Å². The van der Waals surface area contributed by atoms with Crippen LogP contribution in [-0.4, -0.2) is 17.5 Å². The van der Waals surface area contributed by atoms with Crippen molar-refractivity contribution in [2.45, 2.75) is 58.8 Å². The van der Waals surface area contributed by atoms with Crippen LogP contribution in [0.2, 0.25) is 0 Å². The first-order valence-electron chi connectivity index (χ1n) is 11.7. The van der Waals surface area contributed by atoms with Gasteiger partial charge in [-0.05, 0) is 105 Å². The molecule has 6 heteroatoms. The van der Waals surface area contributed by atoms with Crippen molar-refractivity contribution in [3.8, 4) is 0 Å². The van der Waals surface area contributed by atoms with Crippen LogP contribution in [0, 0.1) is 30.1 Å². The molecule has 1 aromatic carbocycles. The van der Waals surface area contributed by atoms with Crippen LogP contribution >= 0.6 is 11.3 Å². The van der Waals surface area contributed by atoms with Gasteiger partial charge in [-0.25, -0.2) is 5.43 Å². The summed E-state index contributed by atoms with van der Waals surface area (Å²) in [6.07, 6.45) is 8.47. The fourth-order valence-electron chi connectivity index (χ4n) is 6.64. The van der Waals surface area contributed by atoms with Crippen molar-refractivity contribution in [3.05, 3.63) is 51.7 Å². The summed E-state index contributed by atoms with van der Waals surface area (Å²) in [4.78, 5) is 26.8. The summed E-state index contributed by atoms with van der Waals surface area (Å²) in [5.74, 6) is 2.49. The molecule has 2 aromatic rings. The third-order valence-electron chi connectivity index (χ3n) is 7.57. The zero-order chi connectivity index (χ0) is 22.3. The number of amides is 2. The average molecular weight is 450 g/mol. The molecule has 0 radical (unpaired) electrons. The zero-order valence-electron chi connectivity index (χ0n) is 18.8. The maximum absolute atomic E-state index is 12.7. The van der Waals surface area contributed by atoms with Crippen LogP contribution in [0.5, 0.6) is 0 Å². The van der Waals surface area contributed by atoms with Crippen LogP contribution in [0.25, 0.3) is 0 Å². The van der Waals surface area contributed by atoms with Crippen LogP contribution in [-0.2, 0) is 4.79 Å². The second-order valence-corrected chi connectivity index (χ2v) is 11.6. The Balaban J connectivity index is 1.16. The third kappa shape index (κ3) is 4.51. The Hall–Kier alpha value is -2.47. The molecule has 32 heavy (non-hydrogen) atoms. The first-order chi connectivity index (χ1) is 15.4. The Morgan fingerprint density at radius 3 is 2.19 bits per heavy atom. The number of hydrazone groups is 1. The van der Waals surface area contributed by atoms with Crippen LogP contribution in [0.1, 0.15) is 72.0 Å². The number of anilines is 1. The number of hydrogen-bond donors (Lipinski definition) is 2. The van der Waals surface area contributed by atoms with E-state index in [1.807, 2.05) is 50.2 Å². The summed E-state index contributed by atoms with van der Waals surface area (Å²) >= 11 is 1.48. The van der Waals surface area contributed by atoms with E-state index in [1.165, 1.54) is 49.9 Å². The fourth-order valence-corrected chi connectivity index (χ4v) is 7.40. The van der Waals surface area contributed by atoms with E-state index < -0.39 is 0 Å². The molecule has 0 spiro atoms. The summed E-state index contributed by atoms with van der Waals surface area (Å²) in [5.41, 5.74) is 5.45. The highest BCUT2D eigenvalue weighted by Gasteiger charge is 2.51. The normalized spacial score (nSPS) is 28.6. The Morgan fingerprint density at radius 1 is 1.00 bits per heavy atom. The number of benzene rings is 1. The van der Waals surface area contributed by atoms with E-state index in [-0.39, 0.29) is 17.2 Å². The highest BCUT2D eigenvalue weighted by molar-refractivity contribution is 7.14. The molecule has 4 fully saturated rings. The van der Waals surface area contributed by atoms with Gasteiger partial charge in [0.15, 0.2) is 0 Å². The first-order valence-corrected chi connectivity index (χ1v) is 12.5. The van der Waals surface area contributed by atoms with Crippen LogP contribution in [0.15, 0.2) is 41.5 Å². The molecular formula is C26H31N3O2S. The topological polar surface area (TPSA) is 70.6 Å². The lowest BCUT2D eigenvalue weighted by Crippen LogP contribution is -2.47. The summed E-state index contributed by atoms with van der Waals surface area (Å²) < 4.78 is 0. The maximum atomic E-state index is 12.7. The van der Waals surface area contributed by atoms with Gasteiger partial charge in [0.25, 0.3) is 5.91 Å². The number of nitrogens with zero attached hydrogens (tertiary/aromatic N) is 1. The minimum Gasteiger partial charge on any atom is -0.321 e. The van der Waals surface area contributed by atoms with Crippen molar-refractivity contribution in [2.24, 2.45) is 28.3 Å². The van der Waals surface area contributed by atoms with Crippen molar-refractivity contribution in [3.63, 3.8) is 0 Å². The lowest BCUT2D eigenvalue weighted by Gasteiger charge is -2.56. The lowest BCUT2D eigenvalue weighted by molar-refractivity contribution is -0.129. The van der Waals surface area contributed by atoms with Crippen molar-refractivity contribution in [2.75, 3.05) is 5.32 Å². The standard InChI is InChI=1S/C26H31N3O2S/c1-16-3-8-23(32-16)25(31)27-22-6-4-21(5-7-22)17(2)28-29-24(30)15-26-12-18-9-19(13-26)11-20(10-18)14-26/h3-8,18-20H,9-15H2,1-2H3,(H,27,31)(H,29,30)/b28-17-.